The number of aliphatic carboxylic acids is 1. The van der Waals surface area contributed by atoms with Gasteiger partial charge in [0.15, 0.2) is 0 Å². The number of nitrogens with zero attached hydrogens (tertiary/aromatic N) is 1. The van der Waals surface area contributed by atoms with Gasteiger partial charge in [-0.2, -0.15) is 0 Å². The first kappa shape index (κ1) is 27.2. The van der Waals surface area contributed by atoms with Gasteiger partial charge >= 0.3 is 5.97 Å². The highest BCUT2D eigenvalue weighted by Crippen LogP contribution is 2.29. The highest BCUT2D eigenvalue weighted by atomic mass is 19.1. The third kappa shape index (κ3) is 8.33. The van der Waals surface area contributed by atoms with E-state index in [1.165, 1.54) is 0 Å². The predicted molar refractivity (Wildman–Crippen MR) is 130 cm³/mol. The summed E-state index contributed by atoms with van der Waals surface area (Å²) in [7, 11) is 0. The minimum absolute atomic E-state index is 0.0169. The van der Waals surface area contributed by atoms with Crippen LogP contribution in [0.1, 0.15) is 51.9 Å². The third-order valence-corrected chi connectivity index (χ3v) is 7.43. The molecule has 0 aromatic rings. The zero-order valence-corrected chi connectivity index (χ0v) is 20.7. The molecular formula is C26H40FN3O5. The Morgan fingerprint density at radius 3 is 2.77 bits per heavy atom. The number of piperidine rings is 2. The fourth-order valence-corrected chi connectivity index (χ4v) is 5.35. The van der Waals surface area contributed by atoms with Crippen LogP contribution in [0.15, 0.2) is 24.0 Å². The van der Waals surface area contributed by atoms with Crippen molar-refractivity contribution in [1.29, 1.82) is 0 Å². The molecule has 2 saturated heterocycles. The second-order valence-electron chi connectivity index (χ2n) is 10.0. The molecule has 4 unspecified atom stereocenters. The van der Waals surface area contributed by atoms with Crippen molar-refractivity contribution in [3.8, 4) is 0 Å². The number of halogens is 1. The molecule has 196 valence electrons. The van der Waals surface area contributed by atoms with Crippen molar-refractivity contribution in [3.05, 3.63) is 24.0 Å². The molecule has 0 aromatic carbocycles. The zero-order chi connectivity index (χ0) is 25.2. The summed E-state index contributed by atoms with van der Waals surface area (Å²) in [5.74, 6) is -0.714. The molecule has 2 amide bonds. The van der Waals surface area contributed by atoms with Crippen molar-refractivity contribution in [3.63, 3.8) is 0 Å². The Balaban J connectivity index is 1.58. The summed E-state index contributed by atoms with van der Waals surface area (Å²) >= 11 is 0. The average molecular weight is 494 g/mol. The van der Waals surface area contributed by atoms with Crippen molar-refractivity contribution >= 4 is 17.8 Å². The van der Waals surface area contributed by atoms with Gasteiger partial charge in [-0.1, -0.05) is 13.0 Å². The monoisotopic (exact) mass is 493 g/mol. The Kier molecular flexibility index (Phi) is 10.6. The largest absolute Gasteiger partial charge is 0.491 e. The average Bonchev–Trinajstić information content (AvgIpc) is 2.86. The topological polar surface area (TPSA) is 108 Å². The molecule has 0 bridgehead atoms. The van der Waals surface area contributed by atoms with Crippen molar-refractivity contribution in [2.45, 2.75) is 57.9 Å². The standard InChI is InChI=1S/C26H40FN3O5/c1-18-4-6-21(35-14-10-27)15-22(18)23(16-25(32)33)29-26(34)20-3-2-13-30(17-20)24(31)7-5-19-8-11-28-12-9-19/h4,6,15,18-20,22-23,28H,2-3,5,7-14,16-17H2,1H3,(H,29,34)(H,32,33). The van der Waals surface area contributed by atoms with Crippen LogP contribution in [0, 0.1) is 23.7 Å². The fourth-order valence-electron chi connectivity index (χ4n) is 5.35. The maximum atomic E-state index is 13.2. The van der Waals surface area contributed by atoms with Gasteiger partial charge in [0.1, 0.15) is 19.0 Å². The van der Waals surface area contributed by atoms with E-state index in [1.54, 1.807) is 17.1 Å². The molecule has 0 aromatic heterocycles. The van der Waals surface area contributed by atoms with Gasteiger partial charge in [0, 0.05) is 31.5 Å². The third-order valence-electron chi connectivity index (χ3n) is 7.43. The van der Waals surface area contributed by atoms with Crippen LogP contribution in [0.4, 0.5) is 4.39 Å². The number of carbonyl (C=O) groups excluding carboxylic acids is 2. The van der Waals surface area contributed by atoms with Gasteiger partial charge < -0.3 is 25.4 Å². The number of likely N-dealkylation sites (tertiary alicyclic amines) is 1. The SMILES string of the molecule is CC1C=CC(OCCF)=CC1C(CC(=O)O)NC(=O)C1CCCN(C(=O)CCC2CCNCC2)C1. The first-order valence-electron chi connectivity index (χ1n) is 13.0. The molecule has 0 spiro atoms. The predicted octanol–water partition coefficient (Wildman–Crippen LogP) is 2.66. The Labute approximate surface area is 207 Å². The van der Waals surface area contributed by atoms with Crippen LogP contribution in [0.5, 0.6) is 0 Å². The van der Waals surface area contributed by atoms with Gasteiger partial charge in [-0.05, 0) is 69.2 Å². The molecule has 9 heteroatoms. The van der Waals surface area contributed by atoms with E-state index in [0.717, 1.165) is 38.8 Å². The lowest BCUT2D eigenvalue weighted by Gasteiger charge is -2.35. The van der Waals surface area contributed by atoms with Crippen molar-refractivity contribution in [2.75, 3.05) is 39.5 Å². The van der Waals surface area contributed by atoms with Crippen molar-refractivity contribution in [1.82, 2.24) is 15.5 Å². The quantitative estimate of drug-likeness (QED) is 0.409. The number of ether oxygens (including phenoxy) is 1. The molecule has 0 radical (unpaired) electrons. The molecule has 0 saturated carbocycles. The summed E-state index contributed by atoms with van der Waals surface area (Å²) in [6.07, 6.45) is 10.2. The number of hydrogen-bond acceptors (Lipinski definition) is 5. The molecule has 2 fully saturated rings. The number of carboxylic acid groups (broad SMARTS) is 1. The molecule has 8 nitrogen and oxygen atoms in total. The van der Waals surface area contributed by atoms with E-state index in [2.05, 4.69) is 10.6 Å². The number of hydrogen-bond donors (Lipinski definition) is 3. The van der Waals surface area contributed by atoms with Gasteiger partial charge in [-0.25, -0.2) is 4.39 Å². The summed E-state index contributed by atoms with van der Waals surface area (Å²) in [5, 5.41) is 15.8. The summed E-state index contributed by atoms with van der Waals surface area (Å²) in [5.41, 5.74) is 0. The van der Waals surface area contributed by atoms with Gasteiger partial charge in [-0.15, -0.1) is 0 Å². The normalized spacial score (nSPS) is 26.1. The Hall–Kier alpha value is -2.42. The van der Waals surface area contributed by atoms with Crippen LogP contribution in [0.2, 0.25) is 0 Å². The first-order valence-corrected chi connectivity index (χ1v) is 13.0. The number of allylic oxidation sites excluding steroid dienone is 2. The minimum Gasteiger partial charge on any atom is -0.491 e. The van der Waals surface area contributed by atoms with Crippen LogP contribution in [0.25, 0.3) is 0 Å². The van der Waals surface area contributed by atoms with Crippen LogP contribution < -0.4 is 10.6 Å². The number of alkyl halides is 1. The van der Waals surface area contributed by atoms with Crippen molar-refractivity contribution < 1.29 is 28.6 Å². The molecule has 35 heavy (non-hydrogen) atoms. The number of carboxylic acids is 1. The molecule has 3 N–H and O–H groups in total. The van der Waals surface area contributed by atoms with Crippen molar-refractivity contribution in [2.24, 2.45) is 23.7 Å². The van der Waals surface area contributed by atoms with E-state index in [0.29, 0.717) is 37.6 Å². The number of carbonyl (C=O) groups is 3. The minimum atomic E-state index is -1.00. The van der Waals surface area contributed by atoms with Crippen LogP contribution in [-0.4, -0.2) is 73.3 Å². The Bertz CT molecular complexity index is 796. The zero-order valence-electron chi connectivity index (χ0n) is 20.7. The lowest BCUT2D eigenvalue weighted by atomic mass is 9.81. The lowest BCUT2D eigenvalue weighted by molar-refractivity contribution is -0.138. The van der Waals surface area contributed by atoms with Crippen LogP contribution in [-0.2, 0) is 19.1 Å². The molecule has 2 heterocycles. The summed E-state index contributed by atoms with van der Waals surface area (Å²) < 4.78 is 17.9. The van der Waals surface area contributed by atoms with E-state index in [-0.39, 0.29) is 42.6 Å². The summed E-state index contributed by atoms with van der Waals surface area (Å²) in [6, 6.07) is -0.630. The molecule has 1 aliphatic carbocycles. The Morgan fingerprint density at radius 2 is 2.06 bits per heavy atom. The number of rotatable bonds is 11. The first-order chi connectivity index (χ1) is 16.9. The van der Waals surface area contributed by atoms with Crippen LogP contribution >= 0.6 is 0 Å². The lowest BCUT2D eigenvalue weighted by Crippen LogP contribution is -2.50. The highest BCUT2D eigenvalue weighted by Gasteiger charge is 2.34. The van der Waals surface area contributed by atoms with E-state index < -0.39 is 18.7 Å². The van der Waals surface area contributed by atoms with Gasteiger partial charge in [-0.3, -0.25) is 14.4 Å². The second kappa shape index (κ2) is 13.6. The van der Waals surface area contributed by atoms with Gasteiger partial charge in [0.2, 0.25) is 11.8 Å². The van der Waals surface area contributed by atoms with Gasteiger partial charge in [0.05, 0.1) is 12.3 Å². The molecule has 2 aliphatic heterocycles. The molecular weight excluding hydrogens is 453 g/mol. The van der Waals surface area contributed by atoms with E-state index in [9.17, 15) is 23.9 Å². The fraction of sp³-hybridized carbons (Fsp3) is 0.731. The maximum absolute atomic E-state index is 13.2. The van der Waals surface area contributed by atoms with E-state index in [4.69, 9.17) is 4.74 Å². The maximum Gasteiger partial charge on any atom is 0.305 e. The summed E-state index contributed by atoms with van der Waals surface area (Å²) in [6.45, 7) is 4.32. The molecule has 3 rings (SSSR count). The van der Waals surface area contributed by atoms with E-state index in [1.807, 2.05) is 13.0 Å². The van der Waals surface area contributed by atoms with Gasteiger partial charge in [0.25, 0.3) is 0 Å². The highest BCUT2D eigenvalue weighted by molar-refractivity contribution is 5.82. The molecule has 4 atom stereocenters. The van der Waals surface area contributed by atoms with Crippen LogP contribution in [0.3, 0.4) is 0 Å². The molecule has 3 aliphatic rings. The number of amides is 2. The smallest absolute Gasteiger partial charge is 0.305 e. The van der Waals surface area contributed by atoms with E-state index >= 15 is 0 Å². The second-order valence-corrected chi connectivity index (χ2v) is 10.0. The Morgan fingerprint density at radius 1 is 1.29 bits per heavy atom. The number of nitrogens with one attached hydrogen (secondary N) is 2. The summed E-state index contributed by atoms with van der Waals surface area (Å²) in [4.78, 5) is 39.4.